The van der Waals surface area contributed by atoms with Crippen molar-refractivity contribution in [3.8, 4) is 0 Å². The number of rotatable bonds is 6. The minimum absolute atomic E-state index is 0.00677. The molecule has 1 aromatic rings. The third kappa shape index (κ3) is 4.24. The number of anilines is 1. The number of aliphatic hydroxyl groups is 1. The Hall–Kier alpha value is -1.56. The predicted octanol–water partition coefficient (Wildman–Crippen LogP) is 0.733. The van der Waals surface area contributed by atoms with Gasteiger partial charge in [-0.3, -0.25) is 9.48 Å². The molecular weight excluding hydrogens is 244 g/mol. The second kappa shape index (κ2) is 5.21. The Labute approximate surface area is 113 Å². The van der Waals surface area contributed by atoms with E-state index < -0.39 is 5.60 Å². The van der Waals surface area contributed by atoms with Crippen LogP contribution in [0, 0.1) is 0 Å². The molecule has 19 heavy (non-hydrogen) atoms. The highest BCUT2D eigenvalue weighted by molar-refractivity contribution is 5.76. The van der Waals surface area contributed by atoms with Crippen molar-refractivity contribution in [3.63, 3.8) is 0 Å². The first kappa shape index (κ1) is 13.9. The first-order valence-corrected chi connectivity index (χ1v) is 6.65. The number of nitrogens with zero attached hydrogens (tertiary/aromatic N) is 2. The van der Waals surface area contributed by atoms with Crippen molar-refractivity contribution in [2.24, 2.45) is 0 Å². The smallest absolute Gasteiger partial charge is 0.241 e. The molecule has 106 valence electrons. The van der Waals surface area contributed by atoms with Crippen LogP contribution in [0.15, 0.2) is 12.4 Å². The largest absolute Gasteiger partial charge is 0.388 e. The number of nitrogens with one attached hydrogen (secondary N) is 2. The average molecular weight is 266 g/mol. The maximum Gasteiger partial charge on any atom is 0.241 e. The van der Waals surface area contributed by atoms with Gasteiger partial charge in [-0.05, 0) is 33.6 Å². The molecule has 1 unspecified atom stereocenters. The van der Waals surface area contributed by atoms with Crippen molar-refractivity contribution in [1.82, 2.24) is 15.1 Å². The summed E-state index contributed by atoms with van der Waals surface area (Å²) in [6.45, 7) is 5.63. The molecule has 0 spiro atoms. The van der Waals surface area contributed by atoms with Gasteiger partial charge in [0.05, 0.1) is 23.5 Å². The fourth-order valence-corrected chi connectivity index (χ4v) is 1.60. The molecule has 1 atom stereocenters. The van der Waals surface area contributed by atoms with Gasteiger partial charge in [0.1, 0.15) is 6.54 Å². The van der Waals surface area contributed by atoms with E-state index in [9.17, 15) is 9.90 Å². The summed E-state index contributed by atoms with van der Waals surface area (Å²) in [5.41, 5.74) is -0.0142. The number of aromatic nitrogens is 2. The van der Waals surface area contributed by atoms with Crippen LogP contribution >= 0.6 is 0 Å². The fraction of sp³-hybridized carbons (Fsp3) is 0.692. The van der Waals surface area contributed by atoms with Crippen LogP contribution in [0.3, 0.4) is 0 Å². The third-order valence-electron chi connectivity index (χ3n) is 3.32. The number of carbonyl (C=O) groups excluding carboxylic acids is 1. The molecule has 1 amide bonds. The molecule has 1 saturated carbocycles. The summed E-state index contributed by atoms with van der Waals surface area (Å²) in [5, 5.41) is 20.1. The first-order valence-electron chi connectivity index (χ1n) is 6.65. The lowest BCUT2D eigenvalue weighted by molar-refractivity contribution is -0.122. The van der Waals surface area contributed by atoms with Gasteiger partial charge in [-0.25, -0.2) is 0 Å². The second-order valence-corrected chi connectivity index (χ2v) is 5.79. The van der Waals surface area contributed by atoms with E-state index in [2.05, 4.69) is 15.7 Å². The van der Waals surface area contributed by atoms with Crippen molar-refractivity contribution < 1.29 is 9.90 Å². The van der Waals surface area contributed by atoms with Crippen molar-refractivity contribution in [2.45, 2.75) is 57.8 Å². The number of amides is 1. The summed E-state index contributed by atoms with van der Waals surface area (Å²) in [5.74, 6) is -0.00677. The fourth-order valence-electron chi connectivity index (χ4n) is 1.60. The average Bonchev–Trinajstić information content (AvgIpc) is 2.98. The van der Waals surface area contributed by atoms with Crippen LogP contribution in [-0.4, -0.2) is 38.5 Å². The highest BCUT2D eigenvalue weighted by atomic mass is 16.3. The van der Waals surface area contributed by atoms with Crippen LogP contribution in [0.1, 0.15) is 33.6 Å². The SMILES string of the molecule is CC(Nc1cnn(CC(=O)NC2CC2)c1)C(C)(C)O. The van der Waals surface area contributed by atoms with E-state index in [1.54, 1.807) is 30.9 Å². The van der Waals surface area contributed by atoms with Crippen molar-refractivity contribution in [3.05, 3.63) is 12.4 Å². The number of carbonyl (C=O) groups is 1. The molecule has 0 radical (unpaired) electrons. The maximum absolute atomic E-state index is 11.6. The van der Waals surface area contributed by atoms with E-state index >= 15 is 0 Å². The van der Waals surface area contributed by atoms with Gasteiger partial charge in [-0.2, -0.15) is 5.10 Å². The zero-order chi connectivity index (χ0) is 14.0. The molecule has 1 aliphatic carbocycles. The molecule has 0 saturated heterocycles. The molecule has 0 bridgehead atoms. The first-order chi connectivity index (χ1) is 8.84. The van der Waals surface area contributed by atoms with Gasteiger partial charge < -0.3 is 15.7 Å². The molecule has 1 aliphatic rings. The maximum atomic E-state index is 11.6. The van der Waals surface area contributed by atoms with E-state index in [1.807, 2.05) is 6.92 Å². The molecule has 6 nitrogen and oxygen atoms in total. The Morgan fingerprint density at radius 1 is 1.63 bits per heavy atom. The summed E-state index contributed by atoms with van der Waals surface area (Å²) in [6.07, 6.45) is 5.60. The zero-order valence-electron chi connectivity index (χ0n) is 11.7. The molecule has 3 N–H and O–H groups in total. The van der Waals surface area contributed by atoms with E-state index in [0.29, 0.717) is 6.04 Å². The predicted molar refractivity (Wildman–Crippen MR) is 72.8 cm³/mol. The van der Waals surface area contributed by atoms with Crippen LogP contribution in [0.5, 0.6) is 0 Å². The summed E-state index contributed by atoms with van der Waals surface area (Å²) < 4.78 is 1.59. The summed E-state index contributed by atoms with van der Waals surface area (Å²) in [7, 11) is 0. The molecular formula is C13H22N4O2. The van der Waals surface area contributed by atoms with E-state index in [1.165, 1.54) is 0 Å². The summed E-state index contributed by atoms with van der Waals surface area (Å²) in [4.78, 5) is 11.6. The Balaban J connectivity index is 1.85. The van der Waals surface area contributed by atoms with E-state index in [-0.39, 0.29) is 18.5 Å². The normalized spacial score (nSPS) is 17.1. The van der Waals surface area contributed by atoms with Gasteiger partial charge in [-0.15, -0.1) is 0 Å². The minimum atomic E-state index is -0.814. The molecule has 1 aromatic heterocycles. The molecule has 1 heterocycles. The highest BCUT2D eigenvalue weighted by Gasteiger charge is 2.24. The molecule has 0 aromatic carbocycles. The summed E-state index contributed by atoms with van der Waals surface area (Å²) >= 11 is 0. The quantitative estimate of drug-likeness (QED) is 0.709. The molecule has 2 rings (SSSR count). The van der Waals surface area contributed by atoms with E-state index in [4.69, 9.17) is 0 Å². The monoisotopic (exact) mass is 266 g/mol. The van der Waals surface area contributed by atoms with Crippen molar-refractivity contribution >= 4 is 11.6 Å². The van der Waals surface area contributed by atoms with Crippen LogP contribution in [-0.2, 0) is 11.3 Å². The van der Waals surface area contributed by atoms with Gasteiger partial charge in [-0.1, -0.05) is 0 Å². The van der Waals surface area contributed by atoms with Gasteiger partial charge in [0.15, 0.2) is 0 Å². The van der Waals surface area contributed by atoms with Crippen LogP contribution in [0.25, 0.3) is 0 Å². The molecule has 0 aliphatic heterocycles. The van der Waals surface area contributed by atoms with Crippen LogP contribution < -0.4 is 10.6 Å². The summed E-state index contributed by atoms with van der Waals surface area (Å²) in [6, 6.07) is 0.265. The van der Waals surface area contributed by atoms with Crippen molar-refractivity contribution in [1.29, 1.82) is 0 Å². The number of hydrogen-bond donors (Lipinski definition) is 3. The second-order valence-electron chi connectivity index (χ2n) is 5.79. The lowest BCUT2D eigenvalue weighted by Gasteiger charge is -2.26. The molecule has 1 fully saturated rings. The lowest BCUT2D eigenvalue weighted by atomic mass is 10.0. The van der Waals surface area contributed by atoms with Gasteiger partial charge >= 0.3 is 0 Å². The standard InChI is InChI=1S/C13H22N4O2/c1-9(13(2,3)19)15-11-6-14-17(7-11)8-12(18)16-10-4-5-10/h6-7,9-10,15,19H,4-5,8H2,1-3H3,(H,16,18). The molecule has 6 heteroatoms. The Kier molecular flexibility index (Phi) is 3.80. The highest BCUT2D eigenvalue weighted by Crippen LogP contribution is 2.18. The zero-order valence-corrected chi connectivity index (χ0v) is 11.7. The number of hydrogen-bond acceptors (Lipinski definition) is 4. The lowest BCUT2D eigenvalue weighted by Crippen LogP contribution is -2.39. The van der Waals surface area contributed by atoms with Gasteiger partial charge in [0, 0.05) is 12.2 Å². The topological polar surface area (TPSA) is 79.2 Å². The van der Waals surface area contributed by atoms with E-state index in [0.717, 1.165) is 18.5 Å². The van der Waals surface area contributed by atoms with Crippen molar-refractivity contribution in [2.75, 3.05) is 5.32 Å². The Bertz CT molecular complexity index is 446. The minimum Gasteiger partial charge on any atom is -0.388 e. The van der Waals surface area contributed by atoms with Gasteiger partial charge in [0.25, 0.3) is 0 Å². The van der Waals surface area contributed by atoms with Crippen LogP contribution in [0.2, 0.25) is 0 Å². The Morgan fingerprint density at radius 3 is 2.89 bits per heavy atom. The third-order valence-corrected chi connectivity index (χ3v) is 3.32. The van der Waals surface area contributed by atoms with Crippen LogP contribution in [0.4, 0.5) is 5.69 Å². The van der Waals surface area contributed by atoms with Gasteiger partial charge in [0.2, 0.25) is 5.91 Å². The Morgan fingerprint density at radius 2 is 2.32 bits per heavy atom.